The highest BCUT2D eigenvalue weighted by Gasteiger charge is 2.39. The molecule has 1 heterocycles. The lowest BCUT2D eigenvalue weighted by Crippen LogP contribution is -2.54. The Morgan fingerprint density at radius 2 is 2.06 bits per heavy atom. The normalized spacial score (nSPS) is 32.7. The number of hydrogen-bond donors (Lipinski definition) is 3. The van der Waals surface area contributed by atoms with Crippen LogP contribution in [0, 0.1) is 0 Å². The van der Waals surface area contributed by atoms with Gasteiger partial charge in [-0.2, -0.15) is 0 Å². The molecular weight excluding hydrogens is 252 g/mol. The minimum Gasteiger partial charge on any atom is -0.349 e. The molecule has 0 aromatic rings. The van der Waals surface area contributed by atoms with Gasteiger partial charge in [-0.1, -0.05) is 12.8 Å². The second-order valence-electron chi connectivity index (χ2n) is 5.59. The van der Waals surface area contributed by atoms with Crippen LogP contribution in [0.1, 0.15) is 39.0 Å². The number of nitrogens with two attached hydrogens (primary N) is 1. The van der Waals surface area contributed by atoms with Gasteiger partial charge in [-0.15, -0.1) is 0 Å². The fourth-order valence-electron chi connectivity index (χ4n) is 2.72. The first-order valence-corrected chi connectivity index (χ1v) is 8.28. The van der Waals surface area contributed by atoms with Gasteiger partial charge < -0.3 is 5.32 Å². The van der Waals surface area contributed by atoms with Crippen molar-refractivity contribution in [1.82, 2.24) is 10.7 Å². The van der Waals surface area contributed by atoms with Crippen LogP contribution in [0.3, 0.4) is 0 Å². The highest BCUT2D eigenvalue weighted by Crippen LogP contribution is 2.24. The van der Waals surface area contributed by atoms with Gasteiger partial charge in [-0.3, -0.25) is 5.43 Å². The van der Waals surface area contributed by atoms with E-state index in [9.17, 15) is 8.42 Å². The Kier molecular flexibility index (Phi) is 3.82. The molecule has 0 spiro atoms. The molecule has 7 heteroatoms. The third kappa shape index (κ3) is 3.35. The van der Waals surface area contributed by atoms with Crippen molar-refractivity contribution < 1.29 is 8.42 Å². The van der Waals surface area contributed by atoms with E-state index in [1.54, 1.807) is 0 Å². The molecule has 4 N–H and O–H groups in total. The monoisotopic (exact) mass is 274 g/mol. The van der Waals surface area contributed by atoms with Gasteiger partial charge >= 0.3 is 0 Å². The first-order valence-electron chi connectivity index (χ1n) is 6.45. The van der Waals surface area contributed by atoms with Crippen molar-refractivity contribution in [2.75, 3.05) is 11.5 Å². The predicted molar refractivity (Wildman–Crippen MR) is 71.8 cm³/mol. The van der Waals surface area contributed by atoms with Crippen LogP contribution in [-0.4, -0.2) is 37.5 Å². The molecular formula is C11H22N4O2S. The minimum absolute atomic E-state index is 0.144. The molecule has 1 unspecified atom stereocenters. The molecule has 0 amide bonds. The third-order valence-electron chi connectivity index (χ3n) is 3.70. The Labute approximate surface area is 108 Å². The zero-order chi connectivity index (χ0) is 13.2. The van der Waals surface area contributed by atoms with Gasteiger partial charge in [-0.05, 0) is 26.2 Å². The van der Waals surface area contributed by atoms with Crippen LogP contribution in [0.15, 0.2) is 4.99 Å². The highest BCUT2D eigenvalue weighted by molar-refractivity contribution is 7.91. The Bertz CT molecular complexity index is 428. The van der Waals surface area contributed by atoms with Crippen LogP contribution in [0.25, 0.3) is 0 Å². The molecule has 104 valence electrons. The zero-order valence-corrected chi connectivity index (χ0v) is 11.6. The van der Waals surface area contributed by atoms with E-state index < -0.39 is 15.4 Å². The number of nitrogens with one attached hydrogen (secondary N) is 2. The highest BCUT2D eigenvalue weighted by atomic mass is 32.2. The smallest absolute Gasteiger partial charge is 0.206 e. The van der Waals surface area contributed by atoms with Crippen molar-refractivity contribution in [2.24, 2.45) is 10.8 Å². The Hall–Kier alpha value is -0.820. The van der Waals surface area contributed by atoms with E-state index in [1.807, 2.05) is 6.92 Å². The van der Waals surface area contributed by atoms with Gasteiger partial charge in [0.1, 0.15) is 0 Å². The maximum absolute atomic E-state index is 11.5. The van der Waals surface area contributed by atoms with Crippen LogP contribution in [0.2, 0.25) is 0 Å². The molecule has 0 bridgehead atoms. The number of hydrazine groups is 1. The number of hydrogen-bond acceptors (Lipinski definition) is 4. The van der Waals surface area contributed by atoms with Crippen LogP contribution >= 0.6 is 0 Å². The van der Waals surface area contributed by atoms with Gasteiger partial charge in [0, 0.05) is 0 Å². The van der Waals surface area contributed by atoms with Crippen molar-refractivity contribution in [1.29, 1.82) is 0 Å². The molecule has 1 aliphatic carbocycles. The average Bonchev–Trinajstić information content (AvgIpc) is 2.86. The molecule has 2 aliphatic rings. The lowest BCUT2D eigenvalue weighted by Gasteiger charge is -2.26. The summed E-state index contributed by atoms with van der Waals surface area (Å²) in [7, 11) is -2.92. The molecule has 0 radical (unpaired) electrons. The fraction of sp³-hybridized carbons (Fsp3) is 0.909. The third-order valence-corrected chi connectivity index (χ3v) is 5.60. The zero-order valence-electron chi connectivity index (χ0n) is 10.8. The first-order chi connectivity index (χ1) is 8.42. The SMILES string of the molecule is CC1(NC(=NC2CCCC2)NN)CCS(=O)(=O)C1. The van der Waals surface area contributed by atoms with Gasteiger partial charge in [0.15, 0.2) is 9.84 Å². The molecule has 6 nitrogen and oxygen atoms in total. The van der Waals surface area contributed by atoms with E-state index in [2.05, 4.69) is 15.7 Å². The van der Waals surface area contributed by atoms with Crippen molar-refractivity contribution in [3.63, 3.8) is 0 Å². The molecule has 2 fully saturated rings. The van der Waals surface area contributed by atoms with Gasteiger partial charge in [-0.25, -0.2) is 19.3 Å². The maximum Gasteiger partial charge on any atom is 0.206 e. The molecule has 0 aromatic carbocycles. The largest absolute Gasteiger partial charge is 0.349 e. The summed E-state index contributed by atoms with van der Waals surface area (Å²) in [6.07, 6.45) is 5.18. The lowest BCUT2D eigenvalue weighted by atomic mass is 10.0. The van der Waals surface area contributed by atoms with E-state index in [1.165, 1.54) is 12.8 Å². The summed E-state index contributed by atoms with van der Waals surface area (Å²) in [5, 5.41) is 3.16. The van der Waals surface area contributed by atoms with E-state index >= 15 is 0 Å². The topological polar surface area (TPSA) is 96.6 Å². The Balaban J connectivity index is 2.02. The Morgan fingerprint density at radius 1 is 1.39 bits per heavy atom. The summed E-state index contributed by atoms with van der Waals surface area (Å²) in [5.74, 6) is 6.36. The number of guanidine groups is 1. The second kappa shape index (κ2) is 5.05. The lowest BCUT2D eigenvalue weighted by molar-refractivity contribution is 0.462. The quantitative estimate of drug-likeness (QED) is 0.283. The summed E-state index contributed by atoms with van der Waals surface area (Å²) in [4.78, 5) is 4.53. The molecule has 1 saturated heterocycles. The van der Waals surface area contributed by atoms with Crippen LogP contribution in [0.5, 0.6) is 0 Å². The summed E-state index contributed by atoms with van der Waals surface area (Å²) < 4.78 is 23.1. The van der Waals surface area contributed by atoms with Crippen LogP contribution < -0.4 is 16.6 Å². The first kappa shape index (κ1) is 13.6. The summed E-state index contributed by atoms with van der Waals surface area (Å²) in [6.45, 7) is 1.90. The standard InChI is InChI=1S/C11H22N4O2S/c1-11(6-7-18(16,17)8-11)14-10(15-12)13-9-4-2-3-5-9/h9H,2-8,12H2,1H3,(H2,13,14,15). The molecule has 18 heavy (non-hydrogen) atoms. The van der Waals surface area contributed by atoms with Crippen LogP contribution in [0.4, 0.5) is 0 Å². The molecule has 2 rings (SSSR count). The van der Waals surface area contributed by atoms with E-state index in [0.717, 1.165) is 12.8 Å². The maximum atomic E-state index is 11.5. The second-order valence-corrected chi connectivity index (χ2v) is 7.77. The van der Waals surface area contributed by atoms with Gasteiger partial charge in [0.2, 0.25) is 5.96 Å². The Morgan fingerprint density at radius 3 is 2.56 bits per heavy atom. The number of sulfone groups is 1. The number of rotatable bonds is 2. The predicted octanol–water partition coefficient (Wildman–Crippen LogP) is -0.0849. The van der Waals surface area contributed by atoms with E-state index in [0.29, 0.717) is 18.4 Å². The summed E-state index contributed by atoms with van der Waals surface area (Å²) in [6, 6.07) is 0.310. The number of aliphatic imine (C=N–C) groups is 1. The molecule has 1 aliphatic heterocycles. The molecule has 1 atom stereocenters. The minimum atomic E-state index is -2.92. The van der Waals surface area contributed by atoms with Crippen molar-refractivity contribution >= 4 is 15.8 Å². The van der Waals surface area contributed by atoms with Crippen LogP contribution in [-0.2, 0) is 9.84 Å². The molecule has 0 aromatic heterocycles. The molecule has 1 saturated carbocycles. The van der Waals surface area contributed by atoms with Crippen molar-refractivity contribution in [3.8, 4) is 0 Å². The van der Waals surface area contributed by atoms with Crippen molar-refractivity contribution in [3.05, 3.63) is 0 Å². The summed E-state index contributed by atoms with van der Waals surface area (Å²) >= 11 is 0. The van der Waals surface area contributed by atoms with Gasteiger partial charge in [0.25, 0.3) is 0 Å². The average molecular weight is 274 g/mol. The van der Waals surface area contributed by atoms with Crippen molar-refractivity contribution in [2.45, 2.75) is 50.6 Å². The van der Waals surface area contributed by atoms with E-state index in [-0.39, 0.29) is 11.5 Å². The van der Waals surface area contributed by atoms with E-state index in [4.69, 9.17) is 5.84 Å². The fourth-order valence-corrected chi connectivity index (χ4v) is 4.81. The number of nitrogens with zero attached hydrogens (tertiary/aromatic N) is 1. The summed E-state index contributed by atoms with van der Waals surface area (Å²) in [5.41, 5.74) is 2.10. The van der Waals surface area contributed by atoms with Gasteiger partial charge in [0.05, 0.1) is 23.1 Å².